The van der Waals surface area contributed by atoms with Crippen LogP contribution in [0.25, 0.3) is 0 Å². The second kappa shape index (κ2) is 9.98. The van der Waals surface area contributed by atoms with Crippen LogP contribution in [-0.4, -0.2) is 34.7 Å². The molecule has 0 aliphatic heterocycles. The quantitative estimate of drug-likeness (QED) is 0.262. The van der Waals surface area contributed by atoms with Crippen molar-refractivity contribution in [2.24, 2.45) is 0 Å². The molecule has 0 aliphatic carbocycles. The fraction of sp³-hybridized carbons (Fsp3) is 0.636. The molecule has 7 heteroatoms. The third kappa shape index (κ3) is 11.5. The molecule has 0 spiro atoms. The molecule has 0 radical (unpaired) electrons. The van der Waals surface area contributed by atoms with Gasteiger partial charge in [0.25, 0.3) is 0 Å². The van der Waals surface area contributed by atoms with E-state index in [-0.39, 0.29) is 48.5 Å². The molecular weight excluding hydrogens is 355 g/mol. The molecule has 0 fully saturated rings. The molecule has 18 heavy (non-hydrogen) atoms. The molecule has 0 aliphatic rings. The lowest BCUT2D eigenvalue weighted by molar-refractivity contribution is -0.152. The normalized spacial score (nSPS) is 9.67. The van der Waals surface area contributed by atoms with Crippen molar-refractivity contribution in [1.29, 1.82) is 0 Å². The van der Waals surface area contributed by atoms with Crippen molar-refractivity contribution in [1.82, 2.24) is 0 Å². The first-order chi connectivity index (χ1) is 8.41. The van der Waals surface area contributed by atoms with Crippen molar-refractivity contribution < 1.29 is 28.7 Å². The smallest absolute Gasteiger partial charge is 0.306 e. The summed E-state index contributed by atoms with van der Waals surface area (Å²) in [4.78, 5) is 43.3. The van der Waals surface area contributed by atoms with Crippen LogP contribution in [0.15, 0.2) is 0 Å². The number of esters is 2. The Hall–Kier alpha value is -0.990. The number of rotatable bonds is 9. The summed E-state index contributed by atoms with van der Waals surface area (Å²) in [5.74, 6) is -1.08. The lowest BCUT2D eigenvalue weighted by atomic mass is 10.2. The molecule has 0 N–H and O–H groups in total. The highest BCUT2D eigenvalue weighted by Crippen LogP contribution is 1.99. The van der Waals surface area contributed by atoms with Crippen LogP contribution >= 0.6 is 22.6 Å². The van der Waals surface area contributed by atoms with Gasteiger partial charge in [-0.15, -0.1) is 0 Å². The van der Waals surface area contributed by atoms with E-state index >= 15 is 0 Å². The maximum absolute atomic E-state index is 11.0. The molecule has 0 aromatic heterocycles. The number of carbonyl (C=O) groups is 4. The van der Waals surface area contributed by atoms with Gasteiger partial charge in [0.1, 0.15) is 19.0 Å². The Morgan fingerprint density at radius 1 is 0.833 bits per heavy atom. The van der Waals surface area contributed by atoms with Gasteiger partial charge in [0.15, 0.2) is 3.79 Å². The monoisotopic (exact) mass is 370 g/mol. The Balaban J connectivity index is 3.49. The van der Waals surface area contributed by atoms with Gasteiger partial charge in [-0.3, -0.25) is 14.4 Å². The third-order valence-electron chi connectivity index (χ3n) is 1.82. The van der Waals surface area contributed by atoms with Crippen LogP contribution in [0, 0.1) is 0 Å². The van der Waals surface area contributed by atoms with Crippen LogP contribution in [0.2, 0.25) is 0 Å². The van der Waals surface area contributed by atoms with E-state index < -0.39 is 11.9 Å². The SMILES string of the molecule is CC(=O)CCC(=O)OCCOC(=O)CCC(=O)I. The van der Waals surface area contributed by atoms with E-state index in [9.17, 15) is 19.2 Å². The average Bonchev–Trinajstić information content (AvgIpc) is 2.29. The number of ether oxygens (including phenoxy) is 2. The van der Waals surface area contributed by atoms with Crippen LogP contribution in [0.1, 0.15) is 32.6 Å². The number of carbonyl (C=O) groups excluding carboxylic acids is 4. The standard InChI is InChI=1S/C11H15IO6/c1-8(13)2-4-10(15)17-6-7-18-11(16)5-3-9(12)14/h2-7H2,1H3. The molecule has 6 nitrogen and oxygen atoms in total. The first-order valence-corrected chi connectivity index (χ1v) is 6.48. The average molecular weight is 370 g/mol. The van der Waals surface area contributed by atoms with E-state index in [1.54, 1.807) is 22.6 Å². The Labute approximate surface area is 119 Å². The van der Waals surface area contributed by atoms with E-state index in [1.807, 2.05) is 0 Å². The van der Waals surface area contributed by atoms with E-state index in [0.717, 1.165) is 0 Å². The van der Waals surface area contributed by atoms with Crippen LogP contribution in [-0.2, 0) is 28.7 Å². The summed E-state index contributed by atoms with van der Waals surface area (Å²) in [7, 11) is 0. The number of halogens is 1. The largest absolute Gasteiger partial charge is 0.462 e. The van der Waals surface area contributed by atoms with Gasteiger partial charge in [-0.2, -0.15) is 0 Å². The summed E-state index contributed by atoms with van der Waals surface area (Å²) in [5.41, 5.74) is 0. The third-order valence-corrected chi connectivity index (χ3v) is 2.36. The van der Waals surface area contributed by atoms with Crippen molar-refractivity contribution in [2.45, 2.75) is 32.6 Å². The molecule has 0 saturated heterocycles. The van der Waals surface area contributed by atoms with Gasteiger partial charge in [0, 0.05) is 12.8 Å². The predicted octanol–water partition coefficient (Wildman–Crippen LogP) is 1.18. The van der Waals surface area contributed by atoms with E-state index in [0.29, 0.717) is 0 Å². The number of hydrogen-bond donors (Lipinski definition) is 0. The fourth-order valence-corrected chi connectivity index (χ4v) is 1.20. The van der Waals surface area contributed by atoms with Crippen molar-refractivity contribution in [2.75, 3.05) is 13.2 Å². The zero-order valence-electron chi connectivity index (χ0n) is 10.1. The van der Waals surface area contributed by atoms with Crippen LogP contribution < -0.4 is 0 Å². The first kappa shape index (κ1) is 17.0. The highest BCUT2D eigenvalue weighted by atomic mass is 127. The molecule has 0 aromatic carbocycles. The summed E-state index contributed by atoms with van der Waals surface area (Å²) < 4.78 is 9.35. The van der Waals surface area contributed by atoms with Gasteiger partial charge < -0.3 is 14.3 Å². The van der Waals surface area contributed by atoms with Gasteiger partial charge in [-0.05, 0) is 29.5 Å². The van der Waals surface area contributed by atoms with Crippen molar-refractivity contribution in [3.63, 3.8) is 0 Å². The summed E-state index contributed by atoms with van der Waals surface area (Å²) in [6, 6.07) is 0. The van der Waals surface area contributed by atoms with Crippen molar-refractivity contribution in [3.8, 4) is 0 Å². The van der Waals surface area contributed by atoms with Gasteiger partial charge in [0.05, 0.1) is 12.8 Å². The topological polar surface area (TPSA) is 86.7 Å². The van der Waals surface area contributed by atoms with Crippen molar-refractivity contribution in [3.05, 3.63) is 0 Å². The van der Waals surface area contributed by atoms with Gasteiger partial charge in [0.2, 0.25) is 0 Å². The molecule has 0 amide bonds. The summed E-state index contributed by atoms with van der Waals surface area (Å²) in [6.45, 7) is 1.31. The van der Waals surface area contributed by atoms with Crippen LogP contribution in [0.3, 0.4) is 0 Å². The molecule has 102 valence electrons. The van der Waals surface area contributed by atoms with E-state index in [1.165, 1.54) is 6.92 Å². The second-order valence-corrected chi connectivity index (χ2v) is 4.70. The molecule has 0 saturated carbocycles. The highest BCUT2D eigenvalue weighted by molar-refractivity contribution is 14.1. The highest BCUT2D eigenvalue weighted by Gasteiger charge is 2.07. The summed E-state index contributed by atoms with van der Waals surface area (Å²) in [5, 5.41) is 0. The molecule has 0 bridgehead atoms. The second-order valence-electron chi connectivity index (χ2n) is 3.50. The van der Waals surface area contributed by atoms with E-state index in [2.05, 4.69) is 0 Å². The molecule has 0 unspecified atom stereocenters. The maximum atomic E-state index is 11.0. The van der Waals surface area contributed by atoms with Crippen LogP contribution in [0.4, 0.5) is 0 Å². The molecule has 0 aromatic rings. The minimum atomic E-state index is -0.500. The predicted molar refractivity (Wildman–Crippen MR) is 70.1 cm³/mol. The van der Waals surface area contributed by atoms with E-state index in [4.69, 9.17) is 9.47 Å². The minimum absolute atomic E-state index is 0.0278. The Kier molecular flexibility index (Phi) is 9.43. The lowest BCUT2D eigenvalue weighted by Crippen LogP contribution is -2.14. The van der Waals surface area contributed by atoms with Gasteiger partial charge in [-0.25, -0.2) is 0 Å². The molecular formula is C11H15IO6. The lowest BCUT2D eigenvalue weighted by Gasteiger charge is -2.05. The molecule has 0 atom stereocenters. The van der Waals surface area contributed by atoms with Gasteiger partial charge >= 0.3 is 11.9 Å². The Morgan fingerprint density at radius 2 is 1.28 bits per heavy atom. The first-order valence-electron chi connectivity index (χ1n) is 5.41. The number of Topliss-reactive ketones (excluding diaryl/α,β-unsaturated/α-hetero) is 1. The molecule has 0 rings (SSSR count). The number of hydrogen-bond acceptors (Lipinski definition) is 6. The summed E-state index contributed by atoms with van der Waals surface area (Å²) in [6.07, 6.45) is 0.348. The van der Waals surface area contributed by atoms with Gasteiger partial charge in [-0.1, -0.05) is 0 Å². The van der Waals surface area contributed by atoms with Crippen LogP contribution in [0.5, 0.6) is 0 Å². The summed E-state index contributed by atoms with van der Waals surface area (Å²) >= 11 is 1.60. The molecule has 0 heterocycles. The zero-order valence-corrected chi connectivity index (χ0v) is 12.2. The zero-order chi connectivity index (χ0) is 14.0. The maximum Gasteiger partial charge on any atom is 0.306 e. The Morgan fingerprint density at radius 3 is 1.67 bits per heavy atom. The van der Waals surface area contributed by atoms with Crippen molar-refractivity contribution >= 4 is 44.1 Å². The Bertz CT molecular complexity index is 293. The fourth-order valence-electron chi connectivity index (χ4n) is 0.934. The number of ketones is 1. The minimum Gasteiger partial charge on any atom is -0.462 e.